The predicted molar refractivity (Wildman–Crippen MR) is 103 cm³/mol. The van der Waals surface area contributed by atoms with E-state index in [1.165, 1.54) is 5.56 Å². The SMILES string of the molecule is c1ccc(CNc2c(-c3ccc4c(c3)OCCO4)nc3ncccn23)cc1. The van der Waals surface area contributed by atoms with Crippen LogP contribution in [0.1, 0.15) is 5.56 Å². The zero-order chi connectivity index (χ0) is 18.1. The molecule has 0 fully saturated rings. The van der Waals surface area contributed by atoms with Gasteiger partial charge < -0.3 is 14.8 Å². The van der Waals surface area contributed by atoms with Gasteiger partial charge in [0.25, 0.3) is 0 Å². The number of benzene rings is 2. The summed E-state index contributed by atoms with van der Waals surface area (Å²) in [5, 5.41) is 3.52. The number of ether oxygens (including phenoxy) is 2. The lowest BCUT2D eigenvalue weighted by Crippen LogP contribution is -2.15. The lowest BCUT2D eigenvalue weighted by molar-refractivity contribution is 0.171. The molecule has 27 heavy (non-hydrogen) atoms. The molecule has 0 saturated heterocycles. The van der Waals surface area contributed by atoms with Crippen molar-refractivity contribution in [1.82, 2.24) is 14.4 Å². The van der Waals surface area contributed by atoms with Crippen LogP contribution in [0.25, 0.3) is 17.0 Å². The van der Waals surface area contributed by atoms with Gasteiger partial charge in [-0.15, -0.1) is 0 Å². The molecular formula is C21H18N4O2. The van der Waals surface area contributed by atoms with E-state index in [-0.39, 0.29) is 0 Å². The molecule has 1 N–H and O–H groups in total. The van der Waals surface area contributed by atoms with E-state index in [9.17, 15) is 0 Å². The molecule has 5 rings (SSSR count). The van der Waals surface area contributed by atoms with E-state index in [1.54, 1.807) is 6.20 Å². The quantitative estimate of drug-likeness (QED) is 0.602. The van der Waals surface area contributed by atoms with Gasteiger partial charge in [-0.1, -0.05) is 30.3 Å². The van der Waals surface area contributed by atoms with Crippen molar-refractivity contribution in [1.29, 1.82) is 0 Å². The molecule has 1 aliphatic rings. The number of anilines is 1. The second-order valence-electron chi connectivity index (χ2n) is 6.30. The number of fused-ring (bicyclic) bond motifs is 2. The molecule has 134 valence electrons. The molecule has 2 aromatic carbocycles. The second-order valence-corrected chi connectivity index (χ2v) is 6.30. The third kappa shape index (κ3) is 2.95. The minimum atomic E-state index is 0.558. The van der Waals surface area contributed by atoms with Crippen LogP contribution < -0.4 is 14.8 Å². The fraction of sp³-hybridized carbons (Fsp3) is 0.143. The largest absolute Gasteiger partial charge is 0.486 e. The summed E-state index contributed by atoms with van der Waals surface area (Å²) in [6.45, 7) is 1.83. The topological polar surface area (TPSA) is 60.7 Å². The number of nitrogens with zero attached hydrogens (tertiary/aromatic N) is 3. The van der Waals surface area contributed by atoms with Crippen LogP contribution in [-0.4, -0.2) is 27.6 Å². The molecule has 2 aromatic heterocycles. The molecule has 4 aromatic rings. The number of nitrogens with one attached hydrogen (secondary N) is 1. The summed E-state index contributed by atoms with van der Waals surface area (Å²) < 4.78 is 13.3. The van der Waals surface area contributed by atoms with Gasteiger partial charge in [0.05, 0.1) is 0 Å². The van der Waals surface area contributed by atoms with Crippen LogP contribution >= 0.6 is 0 Å². The Labute approximate surface area is 156 Å². The van der Waals surface area contributed by atoms with Crippen LogP contribution in [0.3, 0.4) is 0 Å². The summed E-state index contributed by atoms with van der Waals surface area (Å²) in [6.07, 6.45) is 3.71. The third-order valence-electron chi connectivity index (χ3n) is 4.52. The summed E-state index contributed by atoms with van der Waals surface area (Å²) in [5.41, 5.74) is 2.99. The highest BCUT2D eigenvalue weighted by Crippen LogP contribution is 2.36. The molecule has 0 spiro atoms. The third-order valence-corrected chi connectivity index (χ3v) is 4.52. The van der Waals surface area contributed by atoms with Crippen molar-refractivity contribution in [2.75, 3.05) is 18.5 Å². The normalized spacial score (nSPS) is 12.9. The minimum Gasteiger partial charge on any atom is -0.486 e. The molecule has 6 heteroatoms. The van der Waals surface area contributed by atoms with Gasteiger partial charge in [-0.05, 0) is 29.8 Å². The molecule has 0 radical (unpaired) electrons. The van der Waals surface area contributed by atoms with Crippen LogP contribution in [0.5, 0.6) is 11.5 Å². The van der Waals surface area contributed by atoms with Gasteiger partial charge in [0.2, 0.25) is 5.78 Å². The van der Waals surface area contributed by atoms with Crippen LogP contribution in [0.4, 0.5) is 5.82 Å². The Balaban J connectivity index is 1.57. The van der Waals surface area contributed by atoms with Crippen molar-refractivity contribution in [3.05, 3.63) is 72.6 Å². The fourth-order valence-corrected chi connectivity index (χ4v) is 3.23. The molecule has 0 atom stereocenters. The fourth-order valence-electron chi connectivity index (χ4n) is 3.23. The maximum Gasteiger partial charge on any atom is 0.235 e. The zero-order valence-corrected chi connectivity index (χ0v) is 14.6. The Hall–Kier alpha value is -3.54. The molecule has 0 amide bonds. The van der Waals surface area contributed by atoms with Gasteiger partial charge >= 0.3 is 0 Å². The number of hydrogen-bond donors (Lipinski definition) is 1. The smallest absolute Gasteiger partial charge is 0.235 e. The highest BCUT2D eigenvalue weighted by atomic mass is 16.6. The maximum atomic E-state index is 5.73. The van der Waals surface area contributed by atoms with Gasteiger partial charge in [0.1, 0.15) is 24.7 Å². The predicted octanol–water partition coefficient (Wildman–Crippen LogP) is 3.78. The zero-order valence-electron chi connectivity index (χ0n) is 14.6. The monoisotopic (exact) mass is 358 g/mol. The van der Waals surface area contributed by atoms with Crippen molar-refractivity contribution < 1.29 is 9.47 Å². The standard InChI is InChI=1S/C21H18N4O2/c1-2-5-15(6-3-1)14-23-20-19(24-21-22-9-4-10-25(20)21)16-7-8-17-18(13-16)27-12-11-26-17/h1-10,13,23H,11-12,14H2. The van der Waals surface area contributed by atoms with Gasteiger partial charge in [-0.3, -0.25) is 4.40 Å². The maximum absolute atomic E-state index is 5.73. The summed E-state index contributed by atoms with van der Waals surface area (Å²) >= 11 is 0. The van der Waals surface area contributed by atoms with E-state index in [1.807, 2.05) is 53.1 Å². The second kappa shape index (κ2) is 6.64. The Morgan fingerprint density at radius 2 is 1.81 bits per heavy atom. The van der Waals surface area contributed by atoms with E-state index in [2.05, 4.69) is 22.4 Å². The van der Waals surface area contributed by atoms with E-state index < -0.39 is 0 Å². The van der Waals surface area contributed by atoms with E-state index in [0.717, 1.165) is 28.6 Å². The van der Waals surface area contributed by atoms with Gasteiger partial charge in [0, 0.05) is 24.5 Å². The van der Waals surface area contributed by atoms with Crippen molar-refractivity contribution in [2.24, 2.45) is 0 Å². The Kier molecular flexibility index (Phi) is 3.86. The summed E-state index contributed by atoms with van der Waals surface area (Å²) in [5.74, 6) is 3.07. The summed E-state index contributed by atoms with van der Waals surface area (Å²) in [4.78, 5) is 9.12. The first-order valence-electron chi connectivity index (χ1n) is 8.89. The summed E-state index contributed by atoms with van der Waals surface area (Å²) in [6, 6.07) is 18.1. The molecule has 6 nitrogen and oxygen atoms in total. The van der Waals surface area contributed by atoms with Crippen LogP contribution in [0, 0.1) is 0 Å². The lowest BCUT2D eigenvalue weighted by Gasteiger charge is -2.18. The Morgan fingerprint density at radius 3 is 2.70 bits per heavy atom. The van der Waals surface area contributed by atoms with Crippen molar-refractivity contribution in [3.63, 3.8) is 0 Å². The molecule has 1 aliphatic heterocycles. The first-order valence-corrected chi connectivity index (χ1v) is 8.89. The van der Waals surface area contributed by atoms with Gasteiger partial charge in [0.15, 0.2) is 11.5 Å². The van der Waals surface area contributed by atoms with Crippen LogP contribution in [-0.2, 0) is 6.54 Å². The number of hydrogen-bond acceptors (Lipinski definition) is 5. The number of imidazole rings is 1. The minimum absolute atomic E-state index is 0.558. The van der Waals surface area contributed by atoms with Crippen molar-refractivity contribution >= 4 is 11.6 Å². The molecule has 0 saturated carbocycles. The van der Waals surface area contributed by atoms with Crippen molar-refractivity contribution in [3.8, 4) is 22.8 Å². The molecule has 0 bridgehead atoms. The highest BCUT2D eigenvalue weighted by molar-refractivity contribution is 5.77. The van der Waals surface area contributed by atoms with E-state index >= 15 is 0 Å². The van der Waals surface area contributed by atoms with Gasteiger partial charge in [-0.2, -0.15) is 0 Å². The average Bonchev–Trinajstić information content (AvgIpc) is 3.11. The summed E-state index contributed by atoms with van der Waals surface area (Å²) in [7, 11) is 0. The molecule has 3 heterocycles. The first kappa shape index (κ1) is 15.7. The average molecular weight is 358 g/mol. The Morgan fingerprint density at radius 1 is 0.963 bits per heavy atom. The number of rotatable bonds is 4. The Bertz CT molecular complexity index is 1090. The van der Waals surface area contributed by atoms with Crippen LogP contribution in [0.15, 0.2) is 67.0 Å². The number of aromatic nitrogens is 3. The lowest BCUT2D eigenvalue weighted by atomic mass is 10.1. The van der Waals surface area contributed by atoms with Crippen molar-refractivity contribution in [2.45, 2.75) is 6.54 Å². The molecular weight excluding hydrogens is 340 g/mol. The molecule has 0 unspecified atom stereocenters. The van der Waals surface area contributed by atoms with Crippen LogP contribution in [0.2, 0.25) is 0 Å². The molecule has 0 aliphatic carbocycles. The van der Waals surface area contributed by atoms with Gasteiger partial charge in [-0.25, -0.2) is 9.97 Å². The van der Waals surface area contributed by atoms with E-state index in [0.29, 0.717) is 25.5 Å². The first-order chi connectivity index (χ1) is 13.4. The highest BCUT2D eigenvalue weighted by Gasteiger charge is 2.18. The van der Waals surface area contributed by atoms with E-state index in [4.69, 9.17) is 14.5 Å².